The molecule has 0 saturated heterocycles. The van der Waals surface area contributed by atoms with Crippen molar-refractivity contribution in [2.24, 2.45) is 11.1 Å². The monoisotopic (exact) mass is 570 g/mol. The molecule has 1 fully saturated rings. The number of anilines is 1. The van der Waals surface area contributed by atoms with Gasteiger partial charge in [0.05, 0.1) is 17.1 Å². The molecule has 0 radical (unpaired) electrons. The minimum absolute atomic E-state index is 0.00497. The summed E-state index contributed by atoms with van der Waals surface area (Å²) in [6, 6.07) is 9.32. The van der Waals surface area contributed by atoms with Gasteiger partial charge in [0, 0.05) is 35.6 Å². The molecule has 0 unspecified atom stereocenters. The molecule has 1 aliphatic rings. The number of nitrogens with zero attached hydrogens (tertiary/aromatic N) is 3. The zero-order valence-electron chi connectivity index (χ0n) is 22.6. The molecule has 4 amide bonds. The normalized spacial score (nSPS) is 13.2. The van der Waals surface area contributed by atoms with Crippen LogP contribution < -0.4 is 16.4 Å². The molecule has 0 aliphatic heterocycles. The molecule has 1 aromatic heterocycles. The van der Waals surface area contributed by atoms with Crippen LogP contribution in [0, 0.1) is 11.2 Å². The molecule has 4 rings (SSSR count). The summed E-state index contributed by atoms with van der Waals surface area (Å²) in [5, 5.41) is 10.1. The Kier molecular flexibility index (Phi) is 8.43. The molecule has 1 saturated carbocycles. The predicted octanol–water partition coefficient (Wildman–Crippen LogP) is 3.61. The first-order chi connectivity index (χ1) is 18.8. The van der Waals surface area contributed by atoms with E-state index in [1.807, 2.05) is 20.8 Å². The number of hydrogen-bond donors (Lipinski definition) is 3. The zero-order chi connectivity index (χ0) is 29.2. The van der Waals surface area contributed by atoms with Crippen molar-refractivity contribution >= 4 is 51.8 Å². The number of rotatable bonds is 10. The van der Waals surface area contributed by atoms with Crippen molar-refractivity contribution in [3.63, 3.8) is 0 Å². The van der Waals surface area contributed by atoms with Gasteiger partial charge in [0.25, 0.3) is 5.91 Å². The maximum Gasteiger partial charge on any atom is 0.269 e. The van der Waals surface area contributed by atoms with Gasteiger partial charge in [-0.1, -0.05) is 44.5 Å². The third kappa shape index (κ3) is 7.15. The lowest BCUT2D eigenvalue weighted by atomic mass is 9.92. The van der Waals surface area contributed by atoms with E-state index in [0.717, 1.165) is 12.8 Å². The summed E-state index contributed by atoms with van der Waals surface area (Å²) in [5.41, 5.74) is 6.47. The lowest BCUT2D eigenvalue weighted by Crippen LogP contribution is -2.43. The Hall–Kier alpha value is -3.99. The van der Waals surface area contributed by atoms with Gasteiger partial charge in [-0.15, -0.1) is 0 Å². The first kappa shape index (κ1) is 29.0. The van der Waals surface area contributed by atoms with Crippen molar-refractivity contribution < 1.29 is 23.6 Å². The minimum atomic E-state index is -0.757. The van der Waals surface area contributed by atoms with E-state index in [9.17, 15) is 23.6 Å². The highest BCUT2D eigenvalue weighted by atomic mass is 35.5. The van der Waals surface area contributed by atoms with Crippen LogP contribution in [0.4, 0.5) is 10.1 Å². The quantitative estimate of drug-likeness (QED) is 0.342. The molecule has 212 valence electrons. The number of nitrogens with one attached hydrogen (secondary N) is 2. The molecular weight excluding hydrogens is 539 g/mol. The Bertz CT molecular complexity index is 1480. The molecule has 2 aromatic carbocycles. The summed E-state index contributed by atoms with van der Waals surface area (Å²) in [6.45, 7) is 5.32. The van der Waals surface area contributed by atoms with Crippen molar-refractivity contribution in [2.75, 3.05) is 11.9 Å². The second-order valence-corrected chi connectivity index (χ2v) is 11.5. The van der Waals surface area contributed by atoms with Crippen molar-refractivity contribution in [3.8, 4) is 0 Å². The Morgan fingerprint density at radius 3 is 2.52 bits per heavy atom. The predicted molar refractivity (Wildman–Crippen MR) is 149 cm³/mol. The standard InChI is InChI=1S/C28H32ClFN6O4/c1-28(2,3)12-22(37)33-17-7-10-19-21(11-17)36(34-26(19)27(31)40)15-24(39)35(18-8-9-18)14-23(38)32-13-16-5-4-6-20(29)25(16)30/h4-7,10-11,18H,8-9,12-15H2,1-3H3,(H2,31,40)(H,32,38)(H,33,37). The lowest BCUT2D eigenvalue weighted by Gasteiger charge is -2.22. The number of aromatic nitrogens is 2. The average Bonchev–Trinajstić information content (AvgIpc) is 3.64. The van der Waals surface area contributed by atoms with Gasteiger partial charge in [-0.2, -0.15) is 5.10 Å². The van der Waals surface area contributed by atoms with E-state index in [2.05, 4.69) is 15.7 Å². The van der Waals surface area contributed by atoms with E-state index in [4.69, 9.17) is 17.3 Å². The number of benzene rings is 2. The summed E-state index contributed by atoms with van der Waals surface area (Å²) >= 11 is 5.81. The van der Waals surface area contributed by atoms with Gasteiger partial charge in [-0.05, 0) is 42.5 Å². The summed E-state index contributed by atoms with van der Waals surface area (Å²) in [5.74, 6) is -2.37. The molecule has 3 aromatic rings. The summed E-state index contributed by atoms with van der Waals surface area (Å²) < 4.78 is 15.5. The van der Waals surface area contributed by atoms with E-state index in [-0.39, 0.29) is 59.2 Å². The van der Waals surface area contributed by atoms with E-state index in [1.165, 1.54) is 21.7 Å². The highest BCUT2D eigenvalue weighted by molar-refractivity contribution is 6.30. The second-order valence-electron chi connectivity index (χ2n) is 11.1. The number of carbonyl (C=O) groups is 4. The van der Waals surface area contributed by atoms with E-state index < -0.39 is 17.6 Å². The smallest absolute Gasteiger partial charge is 0.269 e. The van der Waals surface area contributed by atoms with Crippen LogP contribution >= 0.6 is 11.6 Å². The molecule has 10 nitrogen and oxygen atoms in total. The van der Waals surface area contributed by atoms with Crippen LogP contribution in [-0.4, -0.2) is 50.9 Å². The Balaban J connectivity index is 1.50. The zero-order valence-corrected chi connectivity index (χ0v) is 23.3. The first-order valence-electron chi connectivity index (χ1n) is 12.9. The van der Waals surface area contributed by atoms with Crippen LogP contribution in [0.3, 0.4) is 0 Å². The van der Waals surface area contributed by atoms with Crippen LogP contribution in [0.5, 0.6) is 0 Å². The molecule has 12 heteroatoms. The van der Waals surface area contributed by atoms with Crippen molar-refractivity contribution in [1.29, 1.82) is 0 Å². The highest BCUT2D eigenvalue weighted by Crippen LogP contribution is 2.28. The molecular formula is C28H32ClFN6O4. The Labute approximate surface area is 236 Å². The van der Waals surface area contributed by atoms with Crippen LogP contribution in [0.2, 0.25) is 5.02 Å². The van der Waals surface area contributed by atoms with Crippen LogP contribution in [0.1, 0.15) is 56.1 Å². The first-order valence-corrected chi connectivity index (χ1v) is 13.3. The van der Waals surface area contributed by atoms with E-state index in [1.54, 1.807) is 24.3 Å². The van der Waals surface area contributed by atoms with Gasteiger partial charge in [0.15, 0.2) is 5.69 Å². The van der Waals surface area contributed by atoms with Crippen molar-refractivity contribution in [3.05, 3.63) is 58.5 Å². The summed E-state index contributed by atoms with van der Waals surface area (Å²) in [7, 11) is 0. The molecule has 0 bridgehead atoms. The number of halogens is 2. The molecule has 40 heavy (non-hydrogen) atoms. The fraction of sp³-hybridized carbons (Fsp3) is 0.393. The van der Waals surface area contributed by atoms with Crippen molar-refractivity contribution in [2.45, 2.75) is 59.2 Å². The van der Waals surface area contributed by atoms with E-state index in [0.29, 0.717) is 23.0 Å². The maximum absolute atomic E-state index is 14.2. The van der Waals surface area contributed by atoms with Gasteiger partial charge in [0.2, 0.25) is 17.7 Å². The van der Waals surface area contributed by atoms with Gasteiger partial charge < -0.3 is 21.3 Å². The Morgan fingerprint density at radius 2 is 1.88 bits per heavy atom. The summed E-state index contributed by atoms with van der Waals surface area (Å²) in [4.78, 5) is 52.0. The third-order valence-corrected chi connectivity index (χ3v) is 6.67. The highest BCUT2D eigenvalue weighted by Gasteiger charge is 2.34. The number of nitrogens with two attached hydrogens (primary N) is 1. The molecule has 4 N–H and O–H groups in total. The van der Waals surface area contributed by atoms with Gasteiger partial charge in [-0.25, -0.2) is 4.39 Å². The van der Waals surface area contributed by atoms with Gasteiger partial charge in [0.1, 0.15) is 12.4 Å². The van der Waals surface area contributed by atoms with Crippen molar-refractivity contribution in [1.82, 2.24) is 20.0 Å². The van der Waals surface area contributed by atoms with Gasteiger partial charge in [-0.3, -0.25) is 23.9 Å². The van der Waals surface area contributed by atoms with Crippen LogP contribution in [0.15, 0.2) is 36.4 Å². The van der Waals surface area contributed by atoms with Crippen LogP contribution in [-0.2, 0) is 27.5 Å². The fourth-order valence-corrected chi connectivity index (χ4v) is 4.55. The molecule has 1 heterocycles. The third-order valence-electron chi connectivity index (χ3n) is 6.37. The number of hydrogen-bond acceptors (Lipinski definition) is 5. The minimum Gasteiger partial charge on any atom is -0.364 e. The average molecular weight is 571 g/mol. The fourth-order valence-electron chi connectivity index (χ4n) is 4.36. The molecule has 1 aliphatic carbocycles. The number of primary amides is 1. The number of fused-ring (bicyclic) bond motifs is 1. The molecule has 0 spiro atoms. The Morgan fingerprint density at radius 1 is 1.15 bits per heavy atom. The number of amides is 4. The lowest BCUT2D eigenvalue weighted by molar-refractivity contribution is -0.137. The second kappa shape index (κ2) is 11.6. The maximum atomic E-state index is 14.2. The topological polar surface area (TPSA) is 139 Å². The number of carbonyl (C=O) groups excluding carboxylic acids is 4. The SMILES string of the molecule is CC(C)(C)CC(=O)Nc1ccc2c(C(N)=O)nn(CC(=O)N(CC(=O)NCc3cccc(Cl)c3F)C3CC3)c2c1. The molecule has 0 atom stereocenters. The van der Waals surface area contributed by atoms with Crippen LogP contribution in [0.25, 0.3) is 10.9 Å². The largest absolute Gasteiger partial charge is 0.364 e. The van der Waals surface area contributed by atoms with Gasteiger partial charge >= 0.3 is 0 Å². The summed E-state index contributed by atoms with van der Waals surface area (Å²) in [6.07, 6.45) is 1.80. The van der Waals surface area contributed by atoms with E-state index >= 15 is 0 Å².